The molecule has 3 N–H and O–H groups in total. The summed E-state index contributed by atoms with van der Waals surface area (Å²) in [4.78, 5) is 21.8. The topological polar surface area (TPSA) is 90.1 Å². The van der Waals surface area contributed by atoms with Gasteiger partial charge in [-0.05, 0) is 37.1 Å². The molecule has 0 aliphatic heterocycles. The van der Waals surface area contributed by atoms with Gasteiger partial charge in [-0.25, -0.2) is 4.98 Å². The van der Waals surface area contributed by atoms with Crippen LogP contribution in [-0.4, -0.2) is 15.9 Å². The van der Waals surface area contributed by atoms with Crippen molar-refractivity contribution in [2.24, 2.45) is 0 Å². The van der Waals surface area contributed by atoms with Crippen molar-refractivity contribution in [3.05, 3.63) is 95.1 Å². The Morgan fingerprint density at radius 2 is 1.51 bits per heavy atom. The summed E-state index contributed by atoms with van der Waals surface area (Å²) in [7, 11) is 0. The second-order valence-corrected chi connectivity index (χ2v) is 7.79. The number of nitrogens with zero attached hydrogens (tertiary/aromatic N) is 2. The summed E-state index contributed by atoms with van der Waals surface area (Å²) in [6.45, 7) is 3.66. The second kappa shape index (κ2) is 9.46. The molecule has 0 aliphatic carbocycles. The number of carbonyl (C=O) groups is 1. The number of aryl methyl sites for hydroxylation is 2. The highest BCUT2D eigenvalue weighted by Gasteiger charge is 2.35. The molecule has 4 aromatic rings. The molecule has 0 saturated carbocycles. The molecule has 6 nitrogen and oxygen atoms in total. The molecule has 1 heterocycles. The number of nitrogen functional groups attached to an aromatic ring is 1. The lowest BCUT2D eigenvalue weighted by Gasteiger charge is -2.18. The first kappa shape index (κ1) is 23.7. The van der Waals surface area contributed by atoms with Crippen molar-refractivity contribution in [1.82, 2.24) is 9.97 Å². The molecule has 0 saturated heterocycles. The highest BCUT2D eigenvalue weighted by molar-refractivity contribution is 6.10. The average Bonchev–Trinajstić information content (AvgIpc) is 2.81. The lowest BCUT2D eigenvalue weighted by Crippen LogP contribution is -2.18. The lowest BCUT2D eigenvalue weighted by atomic mass is 10.0. The number of aromatic nitrogens is 2. The first-order valence-corrected chi connectivity index (χ1v) is 10.6. The zero-order chi connectivity index (χ0) is 25.2. The predicted molar refractivity (Wildman–Crippen MR) is 127 cm³/mol. The van der Waals surface area contributed by atoms with E-state index in [-0.39, 0.29) is 17.2 Å². The number of anilines is 2. The van der Waals surface area contributed by atoms with Crippen LogP contribution in [0.4, 0.5) is 24.8 Å². The molecule has 0 spiro atoms. The number of benzene rings is 3. The van der Waals surface area contributed by atoms with E-state index in [9.17, 15) is 18.0 Å². The molecule has 9 heteroatoms. The van der Waals surface area contributed by atoms with Crippen molar-refractivity contribution >= 4 is 17.5 Å². The predicted octanol–water partition coefficient (Wildman–Crippen LogP) is 6.41. The summed E-state index contributed by atoms with van der Waals surface area (Å²) in [6, 6.07) is 18.8. The van der Waals surface area contributed by atoms with E-state index in [0.717, 1.165) is 23.3 Å². The number of alkyl halides is 3. The van der Waals surface area contributed by atoms with Crippen LogP contribution in [0.25, 0.3) is 11.3 Å². The number of nitrogens with one attached hydrogen (secondary N) is 1. The van der Waals surface area contributed by atoms with E-state index in [1.165, 1.54) is 12.1 Å². The third-order valence-corrected chi connectivity index (χ3v) is 5.29. The van der Waals surface area contributed by atoms with Gasteiger partial charge in [-0.15, -0.1) is 0 Å². The standard InChI is InChI=1S/C26H21F3N4O2/c1-15-9-8-10-16(2)21(15)31-23(34)20-22(17-11-4-3-5-12-17)32-25(30)33-24(20)35-19-14-7-6-13-18(19)26(27,28)29/h3-14H,1-2H3,(H,31,34)(H2,30,32,33). The molecule has 35 heavy (non-hydrogen) atoms. The maximum Gasteiger partial charge on any atom is 0.419 e. The Hall–Kier alpha value is -4.40. The van der Waals surface area contributed by atoms with Gasteiger partial charge in [0.15, 0.2) is 0 Å². The number of nitrogens with two attached hydrogens (primary N) is 1. The van der Waals surface area contributed by atoms with Crippen LogP contribution in [0.3, 0.4) is 0 Å². The van der Waals surface area contributed by atoms with Crippen molar-refractivity contribution in [3.8, 4) is 22.9 Å². The van der Waals surface area contributed by atoms with Crippen molar-refractivity contribution in [2.75, 3.05) is 11.1 Å². The van der Waals surface area contributed by atoms with Crippen molar-refractivity contribution in [2.45, 2.75) is 20.0 Å². The van der Waals surface area contributed by atoms with E-state index < -0.39 is 29.3 Å². The van der Waals surface area contributed by atoms with Crippen LogP contribution in [0.2, 0.25) is 0 Å². The number of hydrogen-bond acceptors (Lipinski definition) is 5. The Kier molecular flexibility index (Phi) is 6.42. The Bertz CT molecular complexity index is 1370. The normalized spacial score (nSPS) is 11.2. The van der Waals surface area contributed by atoms with Gasteiger partial charge in [0.2, 0.25) is 11.8 Å². The van der Waals surface area contributed by atoms with Crippen LogP contribution in [0.1, 0.15) is 27.0 Å². The van der Waals surface area contributed by atoms with Crippen LogP contribution < -0.4 is 15.8 Å². The summed E-state index contributed by atoms with van der Waals surface area (Å²) in [5, 5.41) is 2.83. The second-order valence-electron chi connectivity index (χ2n) is 7.79. The Morgan fingerprint density at radius 3 is 2.17 bits per heavy atom. The minimum Gasteiger partial charge on any atom is -0.437 e. The van der Waals surface area contributed by atoms with E-state index in [0.29, 0.717) is 11.3 Å². The molecule has 1 amide bonds. The minimum absolute atomic E-state index is 0.126. The molecule has 0 aliphatic rings. The van der Waals surface area contributed by atoms with Crippen molar-refractivity contribution < 1.29 is 22.7 Å². The number of rotatable bonds is 5. The number of halogens is 3. The van der Waals surface area contributed by atoms with Crippen LogP contribution in [0, 0.1) is 13.8 Å². The largest absolute Gasteiger partial charge is 0.437 e. The minimum atomic E-state index is -4.68. The molecule has 178 valence electrons. The zero-order valence-corrected chi connectivity index (χ0v) is 18.9. The average molecular weight is 478 g/mol. The van der Waals surface area contributed by atoms with E-state index in [1.54, 1.807) is 30.3 Å². The Morgan fingerprint density at radius 1 is 0.886 bits per heavy atom. The van der Waals surface area contributed by atoms with Gasteiger partial charge in [-0.2, -0.15) is 18.2 Å². The van der Waals surface area contributed by atoms with E-state index >= 15 is 0 Å². The van der Waals surface area contributed by atoms with Gasteiger partial charge in [0.05, 0.1) is 11.3 Å². The molecule has 1 aromatic heterocycles. The molecule has 3 aromatic carbocycles. The fourth-order valence-corrected chi connectivity index (χ4v) is 3.62. The van der Waals surface area contributed by atoms with Gasteiger partial charge in [0, 0.05) is 11.3 Å². The number of amides is 1. The number of carbonyl (C=O) groups excluding carboxylic acids is 1. The van der Waals surface area contributed by atoms with E-state index in [4.69, 9.17) is 10.5 Å². The molecular formula is C26H21F3N4O2. The third kappa shape index (κ3) is 5.08. The zero-order valence-electron chi connectivity index (χ0n) is 18.9. The maximum absolute atomic E-state index is 13.6. The van der Waals surface area contributed by atoms with Gasteiger partial charge < -0.3 is 15.8 Å². The fourth-order valence-electron chi connectivity index (χ4n) is 3.62. The fraction of sp³-hybridized carbons (Fsp3) is 0.115. The maximum atomic E-state index is 13.6. The van der Waals surface area contributed by atoms with Crippen LogP contribution >= 0.6 is 0 Å². The smallest absolute Gasteiger partial charge is 0.419 e. The SMILES string of the molecule is Cc1cccc(C)c1NC(=O)c1c(Oc2ccccc2C(F)(F)F)nc(N)nc1-c1ccccc1. The summed E-state index contributed by atoms with van der Waals surface area (Å²) >= 11 is 0. The molecule has 0 bridgehead atoms. The third-order valence-electron chi connectivity index (χ3n) is 5.29. The molecule has 0 fully saturated rings. The van der Waals surface area contributed by atoms with Gasteiger partial charge >= 0.3 is 6.18 Å². The van der Waals surface area contributed by atoms with Crippen molar-refractivity contribution in [3.63, 3.8) is 0 Å². The first-order valence-electron chi connectivity index (χ1n) is 10.6. The van der Waals surface area contributed by atoms with E-state index in [2.05, 4.69) is 15.3 Å². The van der Waals surface area contributed by atoms with Crippen LogP contribution in [0.5, 0.6) is 11.6 Å². The molecular weight excluding hydrogens is 457 g/mol. The van der Waals surface area contributed by atoms with Gasteiger partial charge in [-0.3, -0.25) is 4.79 Å². The number of para-hydroxylation sites is 2. The van der Waals surface area contributed by atoms with Gasteiger partial charge in [0.25, 0.3) is 5.91 Å². The molecule has 0 unspecified atom stereocenters. The summed E-state index contributed by atoms with van der Waals surface area (Å²) in [5.74, 6) is -1.82. The molecule has 0 radical (unpaired) electrons. The Labute approximate surface area is 199 Å². The van der Waals surface area contributed by atoms with Crippen LogP contribution in [-0.2, 0) is 6.18 Å². The van der Waals surface area contributed by atoms with Gasteiger partial charge in [0.1, 0.15) is 11.3 Å². The first-order chi connectivity index (χ1) is 16.6. The summed E-state index contributed by atoms with van der Waals surface area (Å²) in [5.41, 5.74) is 7.55. The molecule has 4 rings (SSSR count). The lowest BCUT2D eigenvalue weighted by molar-refractivity contribution is -0.138. The quantitative estimate of drug-likeness (QED) is 0.346. The number of ether oxygens (including phenoxy) is 1. The van der Waals surface area contributed by atoms with E-state index in [1.807, 2.05) is 32.0 Å². The summed E-state index contributed by atoms with van der Waals surface area (Å²) in [6.07, 6.45) is -4.68. The van der Waals surface area contributed by atoms with Crippen LogP contribution in [0.15, 0.2) is 72.8 Å². The summed E-state index contributed by atoms with van der Waals surface area (Å²) < 4.78 is 46.4. The van der Waals surface area contributed by atoms with Gasteiger partial charge in [-0.1, -0.05) is 60.7 Å². The molecule has 0 atom stereocenters. The number of hydrogen-bond donors (Lipinski definition) is 2. The highest BCUT2D eigenvalue weighted by atomic mass is 19.4. The Balaban J connectivity index is 1.89. The monoisotopic (exact) mass is 478 g/mol. The highest BCUT2D eigenvalue weighted by Crippen LogP contribution is 2.39. The van der Waals surface area contributed by atoms with Crippen molar-refractivity contribution in [1.29, 1.82) is 0 Å².